The molecular formula is C13H14F2N2O. The zero-order chi connectivity index (χ0) is 13.3. The minimum Gasteiger partial charge on any atom is -0.390 e. The maximum atomic E-state index is 13.7. The maximum absolute atomic E-state index is 13.7. The van der Waals surface area contributed by atoms with Crippen molar-refractivity contribution in [3.8, 4) is 5.69 Å². The van der Waals surface area contributed by atoms with Crippen LogP contribution < -0.4 is 0 Å². The topological polar surface area (TPSA) is 38.0 Å². The Morgan fingerprint density at radius 1 is 1.28 bits per heavy atom. The van der Waals surface area contributed by atoms with Gasteiger partial charge in [-0.25, -0.2) is 13.5 Å². The number of aliphatic hydroxyl groups excluding tert-OH is 1. The Bertz CT molecular complexity index is 544. The van der Waals surface area contributed by atoms with Crippen molar-refractivity contribution in [2.75, 3.05) is 0 Å². The first kappa shape index (κ1) is 12.7. The summed E-state index contributed by atoms with van der Waals surface area (Å²) in [5.41, 5.74) is 0.933. The van der Waals surface area contributed by atoms with Gasteiger partial charge in [-0.15, -0.1) is 0 Å². The van der Waals surface area contributed by atoms with E-state index in [1.54, 1.807) is 0 Å². The molecule has 1 aromatic carbocycles. The molecule has 18 heavy (non-hydrogen) atoms. The van der Waals surface area contributed by atoms with E-state index in [4.69, 9.17) is 0 Å². The van der Waals surface area contributed by atoms with Gasteiger partial charge in [0, 0.05) is 0 Å². The first-order chi connectivity index (χ1) is 8.56. The monoisotopic (exact) mass is 252 g/mol. The number of benzene rings is 1. The van der Waals surface area contributed by atoms with Crippen LogP contribution in [0.15, 0.2) is 24.4 Å². The number of halogens is 2. The molecule has 0 amide bonds. The van der Waals surface area contributed by atoms with Gasteiger partial charge in [0.05, 0.1) is 18.5 Å². The lowest BCUT2D eigenvalue weighted by Gasteiger charge is -2.10. The second-order valence-corrected chi connectivity index (χ2v) is 4.34. The average molecular weight is 252 g/mol. The lowest BCUT2D eigenvalue weighted by Crippen LogP contribution is -2.08. The molecule has 0 fully saturated rings. The number of aromatic nitrogens is 2. The minimum atomic E-state index is -0.705. The summed E-state index contributed by atoms with van der Waals surface area (Å²) in [6.45, 7) is 3.54. The second-order valence-electron chi connectivity index (χ2n) is 4.34. The van der Waals surface area contributed by atoms with Crippen LogP contribution in [-0.2, 0) is 6.61 Å². The van der Waals surface area contributed by atoms with Gasteiger partial charge in [-0.1, -0.05) is 19.9 Å². The van der Waals surface area contributed by atoms with Gasteiger partial charge in [0.25, 0.3) is 0 Å². The molecule has 1 heterocycles. The third kappa shape index (κ3) is 2.01. The fourth-order valence-corrected chi connectivity index (χ4v) is 1.91. The quantitative estimate of drug-likeness (QED) is 0.912. The maximum Gasteiger partial charge on any atom is 0.151 e. The highest BCUT2D eigenvalue weighted by atomic mass is 19.1. The van der Waals surface area contributed by atoms with E-state index in [1.807, 2.05) is 13.8 Å². The Kier molecular flexibility index (Phi) is 3.43. The van der Waals surface area contributed by atoms with E-state index in [-0.39, 0.29) is 18.2 Å². The number of hydrogen-bond acceptors (Lipinski definition) is 2. The summed E-state index contributed by atoms with van der Waals surface area (Å²) in [4.78, 5) is 0. The van der Waals surface area contributed by atoms with Crippen molar-refractivity contribution in [1.82, 2.24) is 9.78 Å². The number of hydrogen-bond donors (Lipinski definition) is 1. The van der Waals surface area contributed by atoms with Crippen LogP contribution in [0.2, 0.25) is 0 Å². The molecule has 1 N–H and O–H groups in total. The minimum absolute atomic E-state index is 0.121. The van der Waals surface area contributed by atoms with Crippen LogP contribution in [0.4, 0.5) is 8.78 Å². The van der Waals surface area contributed by atoms with Crippen molar-refractivity contribution >= 4 is 0 Å². The standard InChI is InChI=1S/C13H14F2N2O/c1-8(2)9-6-16-17(12(9)7-18)13-10(14)4-3-5-11(13)15/h3-6,8,18H,7H2,1-2H3. The predicted octanol–water partition coefficient (Wildman–Crippen LogP) is 2.77. The van der Waals surface area contributed by atoms with Crippen molar-refractivity contribution in [1.29, 1.82) is 0 Å². The molecule has 0 saturated carbocycles. The van der Waals surface area contributed by atoms with Gasteiger partial charge >= 0.3 is 0 Å². The van der Waals surface area contributed by atoms with Gasteiger partial charge in [-0.05, 0) is 23.6 Å². The van der Waals surface area contributed by atoms with Crippen LogP contribution in [0, 0.1) is 11.6 Å². The van der Waals surface area contributed by atoms with Crippen molar-refractivity contribution in [3.05, 3.63) is 47.3 Å². The van der Waals surface area contributed by atoms with Gasteiger partial charge in [0.15, 0.2) is 11.6 Å². The first-order valence-corrected chi connectivity index (χ1v) is 5.68. The summed E-state index contributed by atoms with van der Waals surface area (Å²) in [5, 5.41) is 13.4. The molecule has 0 unspecified atom stereocenters. The molecular weight excluding hydrogens is 238 g/mol. The Morgan fingerprint density at radius 2 is 1.89 bits per heavy atom. The Labute approximate surface area is 104 Å². The zero-order valence-corrected chi connectivity index (χ0v) is 10.2. The Morgan fingerprint density at radius 3 is 2.39 bits per heavy atom. The molecule has 2 rings (SSSR count). The van der Waals surface area contributed by atoms with E-state index in [1.165, 1.54) is 12.3 Å². The van der Waals surface area contributed by atoms with Crippen molar-refractivity contribution in [2.24, 2.45) is 0 Å². The van der Waals surface area contributed by atoms with E-state index in [2.05, 4.69) is 5.10 Å². The predicted molar refractivity (Wildman–Crippen MR) is 63.5 cm³/mol. The molecule has 0 spiro atoms. The van der Waals surface area contributed by atoms with E-state index in [0.29, 0.717) is 5.69 Å². The van der Waals surface area contributed by atoms with E-state index in [9.17, 15) is 13.9 Å². The molecule has 0 saturated heterocycles. The van der Waals surface area contributed by atoms with Gasteiger partial charge in [-0.2, -0.15) is 5.10 Å². The number of nitrogens with zero attached hydrogens (tertiary/aromatic N) is 2. The Hall–Kier alpha value is -1.75. The normalized spacial score (nSPS) is 11.2. The van der Waals surface area contributed by atoms with Gasteiger partial charge in [0.2, 0.25) is 0 Å². The smallest absolute Gasteiger partial charge is 0.151 e. The second kappa shape index (κ2) is 4.86. The van der Waals surface area contributed by atoms with Crippen molar-refractivity contribution in [2.45, 2.75) is 26.4 Å². The van der Waals surface area contributed by atoms with Crippen molar-refractivity contribution in [3.63, 3.8) is 0 Å². The molecule has 5 heteroatoms. The number of aliphatic hydroxyl groups is 1. The molecule has 0 atom stereocenters. The van der Waals surface area contributed by atoms with Gasteiger partial charge in [-0.3, -0.25) is 0 Å². The lowest BCUT2D eigenvalue weighted by atomic mass is 10.0. The Balaban J connectivity index is 2.65. The molecule has 3 nitrogen and oxygen atoms in total. The summed E-state index contributed by atoms with van der Waals surface area (Å²) in [6.07, 6.45) is 1.53. The number of para-hydroxylation sites is 1. The van der Waals surface area contributed by atoms with Crippen LogP contribution in [-0.4, -0.2) is 14.9 Å². The first-order valence-electron chi connectivity index (χ1n) is 5.68. The fraction of sp³-hybridized carbons (Fsp3) is 0.308. The summed E-state index contributed by atoms with van der Waals surface area (Å²) >= 11 is 0. The third-order valence-corrected chi connectivity index (χ3v) is 2.82. The largest absolute Gasteiger partial charge is 0.390 e. The molecule has 0 bridgehead atoms. The van der Waals surface area contributed by atoms with E-state index in [0.717, 1.165) is 22.4 Å². The summed E-state index contributed by atoms with van der Waals surface area (Å²) in [5.74, 6) is -1.29. The van der Waals surface area contributed by atoms with Crippen LogP contribution in [0.1, 0.15) is 31.0 Å². The zero-order valence-electron chi connectivity index (χ0n) is 10.2. The third-order valence-electron chi connectivity index (χ3n) is 2.82. The van der Waals surface area contributed by atoms with E-state index < -0.39 is 11.6 Å². The van der Waals surface area contributed by atoms with Crippen LogP contribution in [0.3, 0.4) is 0 Å². The molecule has 0 aliphatic carbocycles. The highest BCUT2D eigenvalue weighted by molar-refractivity contribution is 5.38. The molecule has 0 aliphatic heterocycles. The van der Waals surface area contributed by atoms with Crippen LogP contribution >= 0.6 is 0 Å². The van der Waals surface area contributed by atoms with Crippen molar-refractivity contribution < 1.29 is 13.9 Å². The van der Waals surface area contributed by atoms with Crippen LogP contribution in [0.5, 0.6) is 0 Å². The molecule has 96 valence electrons. The molecule has 0 aliphatic rings. The molecule has 0 radical (unpaired) electrons. The summed E-state index contributed by atoms with van der Waals surface area (Å²) in [6, 6.07) is 3.62. The fourth-order valence-electron chi connectivity index (χ4n) is 1.91. The molecule has 2 aromatic rings. The van der Waals surface area contributed by atoms with Gasteiger partial charge < -0.3 is 5.11 Å². The molecule has 1 aromatic heterocycles. The summed E-state index contributed by atoms with van der Waals surface area (Å²) in [7, 11) is 0. The lowest BCUT2D eigenvalue weighted by molar-refractivity contribution is 0.271. The average Bonchev–Trinajstić information content (AvgIpc) is 2.72. The summed E-state index contributed by atoms with van der Waals surface area (Å²) < 4.78 is 28.5. The highest BCUT2D eigenvalue weighted by Crippen LogP contribution is 2.24. The van der Waals surface area contributed by atoms with Gasteiger partial charge in [0.1, 0.15) is 5.69 Å². The van der Waals surface area contributed by atoms with Crippen LogP contribution in [0.25, 0.3) is 5.69 Å². The highest BCUT2D eigenvalue weighted by Gasteiger charge is 2.18. The number of rotatable bonds is 3. The SMILES string of the molecule is CC(C)c1cnn(-c2c(F)cccc2F)c1CO. The van der Waals surface area contributed by atoms with E-state index >= 15 is 0 Å².